The lowest BCUT2D eigenvalue weighted by Crippen LogP contribution is -2.18. The molecule has 162 valence electrons. The van der Waals surface area contributed by atoms with Gasteiger partial charge in [-0.25, -0.2) is 9.78 Å². The van der Waals surface area contributed by atoms with Crippen LogP contribution in [0.1, 0.15) is 33.2 Å². The van der Waals surface area contributed by atoms with Crippen LogP contribution in [-0.2, 0) is 4.74 Å². The molecule has 2 aromatic carbocycles. The van der Waals surface area contributed by atoms with E-state index in [9.17, 15) is 9.59 Å². The number of carbonyl (C=O) groups excluding carboxylic acids is 2. The summed E-state index contributed by atoms with van der Waals surface area (Å²) in [6.45, 7) is 3.83. The number of pyridine rings is 1. The number of aryl methyl sites for hydroxylation is 1. The van der Waals surface area contributed by atoms with E-state index in [1.165, 1.54) is 29.1 Å². The van der Waals surface area contributed by atoms with Gasteiger partial charge < -0.3 is 10.1 Å². The molecule has 4 aromatic rings. The zero-order valence-corrected chi connectivity index (χ0v) is 18.7. The summed E-state index contributed by atoms with van der Waals surface area (Å²) in [5, 5.41) is 8.62. The number of nitrogens with one attached hydrogen (secondary N) is 1. The Bertz CT molecular complexity index is 1350. The molecule has 0 fully saturated rings. The molecule has 1 N–H and O–H groups in total. The van der Waals surface area contributed by atoms with Gasteiger partial charge in [-0.2, -0.15) is 9.78 Å². The van der Waals surface area contributed by atoms with Crippen LogP contribution in [0.5, 0.6) is 0 Å². The standard InChI is InChI=1S/C23H18Cl2N4O3/c1-3-32-23(31)16-12-26-29(20-10-13(2)15-6-4-5-7-19(15)27-20)21(16)28-22(30)14-8-9-17(24)18(25)11-14/h4-12H,3H2,1-2H3,(H,28,30). The van der Waals surface area contributed by atoms with E-state index in [4.69, 9.17) is 27.9 Å². The van der Waals surface area contributed by atoms with E-state index < -0.39 is 11.9 Å². The van der Waals surface area contributed by atoms with E-state index in [1.807, 2.05) is 37.3 Å². The van der Waals surface area contributed by atoms with Crippen LogP contribution in [0.15, 0.2) is 54.7 Å². The molecule has 1 amide bonds. The largest absolute Gasteiger partial charge is 0.462 e. The third-order valence-corrected chi connectivity index (χ3v) is 5.54. The van der Waals surface area contributed by atoms with Crippen molar-refractivity contribution in [3.63, 3.8) is 0 Å². The predicted molar refractivity (Wildman–Crippen MR) is 124 cm³/mol. The van der Waals surface area contributed by atoms with Crippen LogP contribution in [0.2, 0.25) is 10.0 Å². The molecule has 0 aliphatic rings. The summed E-state index contributed by atoms with van der Waals surface area (Å²) in [4.78, 5) is 30.1. The van der Waals surface area contributed by atoms with Crippen LogP contribution in [0, 0.1) is 6.92 Å². The highest BCUT2D eigenvalue weighted by Gasteiger charge is 2.23. The van der Waals surface area contributed by atoms with Gasteiger partial charge >= 0.3 is 5.97 Å². The SMILES string of the molecule is CCOC(=O)c1cnn(-c2cc(C)c3ccccc3n2)c1NC(=O)c1ccc(Cl)c(Cl)c1. The Morgan fingerprint density at radius 3 is 2.62 bits per heavy atom. The second-order valence-electron chi connectivity index (χ2n) is 6.94. The van der Waals surface area contributed by atoms with Gasteiger partial charge in [-0.15, -0.1) is 0 Å². The third kappa shape index (κ3) is 4.17. The van der Waals surface area contributed by atoms with Gasteiger partial charge in [0, 0.05) is 10.9 Å². The molecular weight excluding hydrogens is 451 g/mol. The van der Waals surface area contributed by atoms with Crippen molar-refractivity contribution < 1.29 is 14.3 Å². The maximum absolute atomic E-state index is 12.9. The van der Waals surface area contributed by atoms with Gasteiger partial charge in [0.1, 0.15) is 5.56 Å². The Labute approximate surface area is 193 Å². The number of hydrogen-bond acceptors (Lipinski definition) is 5. The molecule has 2 aromatic heterocycles. The topological polar surface area (TPSA) is 86.1 Å². The molecule has 0 spiro atoms. The summed E-state index contributed by atoms with van der Waals surface area (Å²) in [6, 6.07) is 14.0. The highest BCUT2D eigenvalue weighted by Crippen LogP contribution is 2.26. The minimum atomic E-state index is -0.610. The van der Waals surface area contributed by atoms with Crippen molar-refractivity contribution in [2.45, 2.75) is 13.8 Å². The maximum atomic E-state index is 12.9. The van der Waals surface area contributed by atoms with Crippen molar-refractivity contribution in [2.75, 3.05) is 11.9 Å². The van der Waals surface area contributed by atoms with Crippen LogP contribution in [0.3, 0.4) is 0 Å². The second-order valence-corrected chi connectivity index (χ2v) is 7.75. The monoisotopic (exact) mass is 468 g/mol. The normalized spacial score (nSPS) is 10.9. The summed E-state index contributed by atoms with van der Waals surface area (Å²) in [7, 11) is 0. The first-order valence-electron chi connectivity index (χ1n) is 9.77. The lowest BCUT2D eigenvalue weighted by atomic mass is 10.1. The first-order valence-corrected chi connectivity index (χ1v) is 10.5. The number of halogens is 2. The molecule has 32 heavy (non-hydrogen) atoms. The van der Waals surface area contributed by atoms with Gasteiger partial charge in [0.2, 0.25) is 0 Å². The minimum Gasteiger partial charge on any atom is -0.462 e. The fourth-order valence-corrected chi connectivity index (χ4v) is 3.56. The van der Waals surface area contributed by atoms with E-state index in [2.05, 4.69) is 15.4 Å². The minimum absolute atomic E-state index is 0.105. The summed E-state index contributed by atoms with van der Waals surface area (Å²) in [5.41, 5.74) is 2.11. The van der Waals surface area contributed by atoms with Crippen molar-refractivity contribution in [3.8, 4) is 5.82 Å². The highest BCUT2D eigenvalue weighted by molar-refractivity contribution is 6.42. The molecule has 2 heterocycles. The van der Waals surface area contributed by atoms with E-state index in [-0.39, 0.29) is 28.6 Å². The zero-order valence-electron chi connectivity index (χ0n) is 17.2. The average molecular weight is 469 g/mol. The van der Waals surface area contributed by atoms with E-state index in [0.29, 0.717) is 10.8 Å². The zero-order chi connectivity index (χ0) is 22.8. The van der Waals surface area contributed by atoms with Crippen LogP contribution in [0.25, 0.3) is 16.7 Å². The summed E-state index contributed by atoms with van der Waals surface area (Å²) in [5.74, 6) is -0.517. The highest BCUT2D eigenvalue weighted by atomic mass is 35.5. The van der Waals surface area contributed by atoms with E-state index in [0.717, 1.165) is 16.5 Å². The fraction of sp³-hybridized carbons (Fsp3) is 0.130. The lowest BCUT2D eigenvalue weighted by molar-refractivity contribution is 0.0527. The van der Waals surface area contributed by atoms with Gasteiger partial charge in [0.15, 0.2) is 11.6 Å². The second kappa shape index (κ2) is 8.98. The van der Waals surface area contributed by atoms with Crippen molar-refractivity contribution >= 4 is 51.8 Å². The van der Waals surface area contributed by atoms with Gasteiger partial charge in [-0.1, -0.05) is 41.4 Å². The van der Waals surface area contributed by atoms with E-state index >= 15 is 0 Å². The predicted octanol–water partition coefficient (Wildman–Crippen LogP) is 5.46. The van der Waals surface area contributed by atoms with Gasteiger partial charge in [-0.05, 0) is 49.7 Å². The first-order chi connectivity index (χ1) is 15.4. The van der Waals surface area contributed by atoms with Crippen LogP contribution in [-0.4, -0.2) is 33.2 Å². The molecule has 0 saturated carbocycles. The number of amides is 1. The molecule has 0 aliphatic carbocycles. The number of benzene rings is 2. The summed E-state index contributed by atoms with van der Waals surface area (Å²) >= 11 is 12.0. The number of rotatable bonds is 5. The molecule has 0 unspecified atom stereocenters. The number of fused-ring (bicyclic) bond motifs is 1. The van der Waals surface area contributed by atoms with Gasteiger partial charge in [0.05, 0.1) is 28.4 Å². The van der Waals surface area contributed by atoms with Crippen molar-refractivity contribution in [3.05, 3.63) is 81.5 Å². The van der Waals surface area contributed by atoms with Crippen LogP contribution >= 0.6 is 23.2 Å². The van der Waals surface area contributed by atoms with Crippen molar-refractivity contribution in [1.29, 1.82) is 0 Å². The average Bonchev–Trinajstić information content (AvgIpc) is 3.19. The number of carbonyl (C=O) groups is 2. The number of nitrogens with zero attached hydrogens (tertiary/aromatic N) is 3. The number of anilines is 1. The molecule has 0 radical (unpaired) electrons. The molecule has 4 rings (SSSR count). The Morgan fingerprint density at radius 1 is 1.09 bits per heavy atom. The van der Waals surface area contributed by atoms with Gasteiger partial charge in [0.25, 0.3) is 5.91 Å². The molecule has 0 saturated heterocycles. The van der Waals surface area contributed by atoms with Crippen LogP contribution in [0.4, 0.5) is 5.82 Å². The Kier molecular flexibility index (Phi) is 6.12. The van der Waals surface area contributed by atoms with Crippen LogP contribution < -0.4 is 5.32 Å². The molecule has 7 nitrogen and oxygen atoms in total. The Balaban J connectivity index is 1.81. The molecule has 0 aliphatic heterocycles. The number of hydrogen-bond donors (Lipinski definition) is 1. The van der Waals surface area contributed by atoms with Crippen molar-refractivity contribution in [2.24, 2.45) is 0 Å². The molecule has 0 atom stereocenters. The number of esters is 1. The lowest BCUT2D eigenvalue weighted by Gasteiger charge is -2.12. The van der Waals surface area contributed by atoms with Gasteiger partial charge in [-0.3, -0.25) is 4.79 Å². The third-order valence-electron chi connectivity index (χ3n) is 4.80. The molecule has 9 heteroatoms. The quantitative estimate of drug-likeness (QED) is 0.392. The number of para-hydroxylation sites is 1. The van der Waals surface area contributed by atoms with Crippen molar-refractivity contribution in [1.82, 2.24) is 14.8 Å². The molecular formula is C23H18Cl2N4O3. The Morgan fingerprint density at radius 2 is 1.88 bits per heavy atom. The first kappa shape index (κ1) is 21.8. The maximum Gasteiger partial charge on any atom is 0.343 e. The summed E-state index contributed by atoms with van der Waals surface area (Å²) in [6.07, 6.45) is 1.34. The number of aromatic nitrogens is 3. The smallest absolute Gasteiger partial charge is 0.343 e. The summed E-state index contributed by atoms with van der Waals surface area (Å²) < 4.78 is 6.54. The number of ether oxygens (including phenoxy) is 1. The fourth-order valence-electron chi connectivity index (χ4n) is 3.26. The molecule has 0 bridgehead atoms. The van der Waals surface area contributed by atoms with E-state index in [1.54, 1.807) is 6.92 Å². The Hall–Kier alpha value is -3.42.